The van der Waals surface area contributed by atoms with Gasteiger partial charge in [-0.2, -0.15) is 0 Å². The van der Waals surface area contributed by atoms with Crippen LogP contribution in [0.5, 0.6) is 0 Å². The lowest BCUT2D eigenvalue weighted by Crippen LogP contribution is -2.46. The lowest BCUT2D eigenvalue weighted by molar-refractivity contribution is -0.118. The molecule has 132 valence electrons. The van der Waals surface area contributed by atoms with Crippen LogP contribution < -0.4 is 16.0 Å². The number of amides is 3. The largest absolute Gasteiger partial charge is 0.347 e. The van der Waals surface area contributed by atoms with Gasteiger partial charge in [-0.05, 0) is 31.7 Å². The molecule has 0 radical (unpaired) electrons. The highest BCUT2D eigenvalue weighted by atomic mass is 32.1. The van der Waals surface area contributed by atoms with Crippen molar-refractivity contribution in [1.82, 2.24) is 20.9 Å². The number of rotatable bonds is 5. The summed E-state index contributed by atoms with van der Waals surface area (Å²) in [5, 5.41) is 11.4. The Morgan fingerprint density at radius 3 is 2.88 bits per heavy atom. The lowest BCUT2D eigenvalue weighted by Gasteiger charge is -2.27. The molecule has 1 aliphatic rings. The Balaban J connectivity index is 1.81. The first-order valence-corrected chi connectivity index (χ1v) is 9.74. The molecule has 0 aromatic carbocycles. The molecular formula is C17H20N4O2S2. The molecule has 1 aliphatic heterocycles. The van der Waals surface area contributed by atoms with Crippen LogP contribution >= 0.6 is 22.7 Å². The Morgan fingerprint density at radius 2 is 2.20 bits per heavy atom. The number of thiophene rings is 1. The van der Waals surface area contributed by atoms with Crippen LogP contribution in [0.25, 0.3) is 0 Å². The first-order chi connectivity index (χ1) is 12.0. The second kappa shape index (κ2) is 7.37. The Bertz CT molecular complexity index is 824. The standard InChI is InChI=1S/C17H20N4O2S2/c1-4-11-13(25-10(3)20-11)8-18-16(22)14-9(2)19-17(23)21-15(14)12-6-5-7-24-12/h5-7,15H,4,8H2,1-3H3,(H,18,22)(H2,19,21,23). The average molecular weight is 377 g/mol. The van der Waals surface area contributed by atoms with E-state index < -0.39 is 6.04 Å². The third-order valence-electron chi connectivity index (χ3n) is 3.97. The zero-order valence-electron chi connectivity index (χ0n) is 14.3. The maximum absolute atomic E-state index is 12.8. The van der Waals surface area contributed by atoms with Crippen molar-refractivity contribution >= 4 is 34.6 Å². The third kappa shape index (κ3) is 3.74. The number of nitrogens with one attached hydrogen (secondary N) is 3. The fraction of sp³-hybridized carbons (Fsp3) is 0.353. The Kier molecular flexibility index (Phi) is 5.19. The van der Waals surface area contributed by atoms with Crippen LogP contribution in [0, 0.1) is 6.92 Å². The number of aromatic nitrogens is 1. The Morgan fingerprint density at radius 1 is 1.40 bits per heavy atom. The van der Waals surface area contributed by atoms with Gasteiger partial charge >= 0.3 is 6.03 Å². The van der Waals surface area contributed by atoms with E-state index in [0.29, 0.717) is 17.8 Å². The van der Waals surface area contributed by atoms with Crippen LogP contribution in [0.3, 0.4) is 0 Å². The van der Waals surface area contributed by atoms with E-state index in [1.165, 1.54) is 11.3 Å². The first kappa shape index (κ1) is 17.6. The van der Waals surface area contributed by atoms with E-state index in [9.17, 15) is 9.59 Å². The summed E-state index contributed by atoms with van der Waals surface area (Å²) in [5.41, 5.74) is 2.15. The van der Waals surface area contributed by atoms with Gasteiger partial charge in [-0.3, -0.25) is 4.79 Å². The summed E-state index contributed by atoms with van der Waals surface area (Å²) in [5.74, 6) is -0.184. The molecule has 25 heavy (non-hydrogen) atoms. The van der Waals surface area contributed by atoms with Gasteiger partial charge in [-0.15, -0.1) is 22.7 Å². The summed E-state index contributed by atoms with van der Waals surface area (Å²) in [7, 11) is 0. The molecule has 0 saturated carbocycles. The van der Waals surface area contributed by atoms with Gasteiger partial charge in [0, 0.05) is 15.5 Å². The van der Waals surface area contributed by atoms with Crippen molar-refractivity contribution in [2.45, 2.75) is 39.8 Å². The van der Waals surface area contributed by atoms with E-state index in [1.807, 2.05) is 24.4 Å². The molecule has 0 bridgehead atoms. The molecule has 2 aromatic heterocycles. The highest BCUT2D eigenvalue weighted by Gasteiger charge is 2.31. The topological polar surface area (TPSA) is 83.1 Å². The molecule has 0 saturated heterocycles. The van der Waals surface area contributed by atoms with E-state index >= 15 is 0 Å². The SMILES string of the molecule is CCc1nc(C)sc1CNC(=O)C1=C(C)NC(=O)NC1c1cccs1. The smallest absolute Gasteiger partial charge is 0.319 e. The molecule has 0 spiro atoms. The molecule has 6 nitrogen and oxygen atoms in total. The van der Waals surface area contributed by atoms with Gasteiger partial charge in [0.2, 0.25) is 0 Å². The molecule has 0 aliphatic carbocycles. The van der Waals surface area contributed by atoms with Crippen LogP contribution in [0.15, 0.2) is 28.8 Å². The van der Waals surface area contributed by atoms with Crippen LogP contribution in [0.1, 0.15) is 40.3 Å². The molecule has 2 aromatic rings. The number of hydrogen-bond donors (Lipinski definition) is 3. The number of thiazole rings is 1. The predicted octanol–water partition coefficient (Wildman–Crippen LogP) is 3.02. The summed E-state index contributed by atoms with van der Waals surface area (Å²) in [6, 6.07) is 3.11. The zero-order chi connectivity index (χ0) is 18.0. The fourth-order valence-electron chi connectivity index (χ4n) is 2.85. The molecule has 3 N–H and O–H groups in total. The summed E-state index contributed by atoms with van der Waals surface area (Å²) in [4.78, 5) is 31.1. The lowest BCUT2D eigenvalue weighted by atomic mass is 10.0. The Labute approximate surface area is 154 Å². The minimum atomic E-state index is -0.428. The summed E-state index contributed by atoms with van der Waals surface area (Å²) >= 11 is 3.12. The second-order valence-electron chi connectivity index (χ2n) is 5.72. The van der Waals surface area contributed by atoms with Crippen LogP contribution in [-0.2, 0) is 17.8 Å². The highest BCUT2D eigenvalue weighted by Crippen LogP contribution is 2.30. The second-order valence-corrected chi connectivity index (χ2v) is 7.99. The van der Waals surface area contributed by atoms with Gasteiger partial charge in [-0.25, -0.2) is 9.78 Å². The number of carbonyl (C=O) groups is 2. The highest BCUT2D eigenvalue weighted by molar-refractivity contribution is 7.11. The van der Waals surface area contributed by atoms with Crippen molar-refractivity contribution in [2.75, 3.05) is 0 Å². The summed E-state index contributed by atoms with van der Waals surface area (Å²) in [6.07, 6.45) is 0.840. The van der Waals surface area contributed by atoms with Gasteiger partial charge in [0.15, 0.2) is 0 Å². The fourth-order valence-corrected chi connectivity index (χ4v) is 4.60. The molecule has 3 rings (SSSR count). The quantitative estimate of drug-likeness (QED) is 0.750. The van der Waals surface area contributed by atoms with Crippen LogP contribution in [-0.4, -0.2) is 16.9 Å². The van der Waals surface area contributed by atoms with Gasteiger partial charge in [0.25, 0.3) is 5.91 Å². The van der Waals surface area contributed by atoms with Gasteiger partial charge in [0.05, 0.1) is 28.9 Å². The molecule has 3 heterocycles. The minimum absolute atomic E-state index is 0.184. The maximum atomic E-state index is 12.8. The van der Waals surface area contributed by atoms with Crippen molar-refractivity contribution in [3.8, 4) is 0 Å². The van der Waals surface area contributed by atoms with E-state index in [-0.39, 0.29) is 11.9 Å². The number of urea groups is 1. The van der Waals surface area contributed by atoms with Crippen molar-refractivity contribution in [2.24, 2.45) is 0 Å². The van der Waals surface area contributed by atoms with E-state index in [4.69, 9.17) is 0 Å². The van der Waals surface area contributed by atoms with Gasteiger partial charge in [-0.1, -0.05) is 13.0 Å². The monoisotopic (exact) mass is 376 g/mol. The van der Waals surface area contributed by atoms with Crippen molar-refractivity contribution in [3.05, 3.63) is 49.2 Å². The molecule has 1 atom stereocenters. The number of hydrogen-bond acceptors (Lipinski definition) is 5. The maximum Gasteiger partial charge on any atom is 0.319 e. The normalized spacial score (nSPS) is 17.2. The number of nitrogens with zero attached hydrogens (tertiary/aromatic N) is 1. The van der Waals surface area contributed by atoms with Gasteiger partial charge in [0.1, 0.15) is 0 Å². The van der Waals surface area contributed by atoms with Crippen LogP contribution in [0.4, 0.5) is 4.79 Å². The van der Waals surface area contributed by atoms with Crippen LogP contribution in [0.2, 0.25) is 0 Å². The number of carbonyl (C=O) groups excluding carboxylic acids is 2. The molecular weight excluding hydrogens is 356 g/mol. The van der Waals surface area contributed by atoms with Crippen molar-refractivity contribution in [1.29, 1.82) is 0 Å². The minimum Gasteiger partial charge on any atom is -0.347 e. The molecule has 1 unspecified atom stereocenters. The Hall–Kier alpha value is -2.19. The molecule has 3 amide bonds. The average Bonchev–Trinajstić information content (AvgIpc) is 3.21. The summed E-state index contributed by atoms with van der Waals surface area (Å²) in [6.45, 7) is 6.22. The van der Waals surface area contributed by atoms with E-state index in [2.05, 4.69) is 27.9 Å². The zero-order valence-corrected chi connectivity index (χ0v) is 15.9. The first-order valence-electron chi connectivity index (χ1n) is 8.04. The summed E-state index contributed by atoms with van der Waals surface area (Å²) < 4.78 is 0. The van der Waals surface area contributed by atoms with Crippen molar-refractivity contribution < 1.29 is 9.59 Å². The number of allylic oxidation sites excluding steroid dienone is 1. The van der Waals surface area contributed by atoms with E-state index in [1.54, 1.807) is 18.3 Å². The molecule has 8 heteroatoms. The predicted molar refractivity (Wildman–Crippen MR) is 99.5 cm³/mol. The number of aryl methyl sites for hydroxylation is 2. The van der Waals surface area contributed by atoms with Crippen molar-refractivity contribution in [3.63, 3.8) is 0 Å². The van der Waals surface area contributed by atoms with Gasteiger partial charge < -0.3 is 16.0 Å². The van der Waals surface area contributed by atoms with E-state index in [0.717, 1.165) is 26.9 Å². The molecule has 0 fully saturated rings. The third-order valence-corrected chi connectivity index (χ3v) is 5.92.